The van der Waals surface area contributed by atoms with Crippen molar-refractivity contribution in [2.45, 2.75) is 101 Å². The number of hydrogen-bond acceptors (Lipinski definition) is 5. The largest absolute Gasteiger partial charge is 0.393 e. The van der Waals surface area contributed by atoms with Crippen LogP contribution in [0.3, 0.4) is 0 Å². The Hall–Kier alpha value is -0.200. The topological polar surface area (TPSA) is 57.2 Å². The molecular weight excluding hydrogens is 296 g/mol. The predicted octanol–water partition coefficient (Wildman–Crippen LogP) is 3.30. The van der Waals surface area contributed by atoms with Gasteiger partial charge < -0.3 is 9.84 Å². The molecule has 2 bridgehead atoms. The van der Waals surface area contributed by atoms with E-state index >= 15 is 0 Å². The Morgan fingerprint density at radius 2 is 1.39 bits per heavy atom. The van der Waals surface area contributed by atoms with Crippen LogP contribution >= 0.6 is 0 Å². The fourth-order valence-corrected chi connectivity index (χ4v) is 4.92. The Kier molecular flexibility index (Phi) is 5.21. The van der Waals surface area contributed by atoms with Gasteiger partial charge in [-0.1, -0.05) is 5.04 Å². The third-order valence-corrected chi connectivity index (χ3v) is 6.52. The van der Waals surface area contributed by atoms with Crippen LogP contribution in [0.2, 0.25) is 0 Å². The summed E-state index contributed by atoms with van der Waals surface area (Å²) < 4.78 is 5.64. The van der Waals surface area contributed by atoms with E-state index in [1.54, 1.807) is 0 Å². The first-order valence-corrected chi connectivity index (χ1v) is 9.60. The highest BCUT2D eigenvalue weighted by molar-refractivity contribution is 4.90. The highest BCUT2D eigenvalue weighted by atomic mass is 17.5. The molecule has 2 aliphatic heterocycles. The molecule has 0 aromatic carbocycles. The predicted molar refractivity (Wildman–Crippen MR) is 83.3 cm³/mol. The van der Waals surface area contributed by atoms with Gasteiger partial charge in [0.25, 0.3) is 0 Å². The summed E-state index contributed by atoms with van der Waals surface area (Å²) in [4.78, 5) is 10.9. The zero-order valence-corrected chi connectivity index (χ0v) is 13.9. The molecule has 0 aromatic heterocycles. The Balaban J connectivity index is 1.12. The molecule has 0 aromatic rings. The summed E-state index contributed by atoms with van der Waals surface area (Å²) in [5, 5.41) is 14.7. The lowest BCUT2D eigenvalue weighted by Crippen LogP contribution is -2.51. The third kappa shape index (κ3) is 3.90. The number of rotatable bonds is 5. The Morgan fingerprint density at radius 1 is 0.739 bits per heavy atom. The van der Waals surface area contributed by atoms with Crippen LogP contribution < -0.4 is 0 Å². The van der Waals surface area contributed by atoms with Gasteiger partial charge in [-0.25, -0.2) is 9.78 Å². The van der Waals surface area contributed by atoms with Gasteiger partial charge in [0.1, 0.15) is 6.10 Å². The maximum absolute atomic E-state index is 9.63. The zero-order chi connectivity index (χ0) is 15.6. The van der Waals surface area contributed by atoms with E-state index in [4.69, 9.17) is 19.6 Å². The van der Waals surface area contributed by atoms with Crippen LogP contribution in [0.25, 0.3) is 0 Å². The summed E-state index contributed by atoms with van der Waals surface area (Å²) in [6.45, 7) is 0. The van der Waals surface area contributed by atoms with Crippen LogP contribution in [-0.4, -0.2) is 35.6 Å². The molecule has 0 amide bonds. The van der Waals surface area contributed by atoms with E-state index in [0.29, 0.717) is 6.10 Å². The average Bonchev–Trinajstić information content (AvgIpc) is 2.56. The molecule has 132 valence electrons. The molecule has 5 heteroatoms. The second-order valence-electron chi connectivity index (χ2n) is 8.01. The fraction of sp³-hybridized carbons (Fsp3) is 1.00. The molecule has 0 spiro atoms. The number of aliphatic hydroxyl groups excluding tert-OH is 1. The fourth-order valence-electron chi connectivity index (χ4n) is 4.92. The Bertz CT molecular complexity index is 365. The van der Waals surface area contributed by atoms with Gasteiger partial charge in [0.15, 0.2) is 0 Å². The summed E-state index contributed by atoms with van der Waals surface area (Å²) in [6, 6.07) is 0. The smallest absolute Gasteiger partial charge is 0.122 e. The highest BCUT2D eigenvalue weighted by Crippen LogP contribution is 2.39. The maximum Gasteiger partial charge on any atom is 0.122 e. The lowest BCUT2D eigenvalue weighted by atomic mass is 9.72. The first-order chi connectivity index (χ1) is 11.3. The summed E-state index contributed by atoms with van der Waals surface area (Å²) in [5.41, 5.74) is 0. The molecular formula is C18H30O5. The van der Waals surface area contributed by atoms with Crippen LogP contribution in [0.5, 0.6) is 0 Å². The standard InChI is InChI=1S/C18H30O5/c19-14-5-1-12(2-6-14)13-3-7-15(8-4-13)21-23-22-17-10-9-16-11-18(17)20-16/h12-19H,1-11H2. The van der Waals surface area contributed by atoms with Gasteiger partial charge in [-0.2, -0.15) is 0 Å². The SMILES string of the molecule is OC1CCC(C2CCC(OOOC3CCC4CC3O4)CC2)CC1. The van der Waals surface area contributed by atoms with E-state index < -0.39 is 0 Å². The van der Waals surface area contributed by atoms with Crippen molar-refractivity contribution in [3.8, 4) is 0 Å². The average molecular weight is 326 g/mol. The lowest BCUT2D eigenvalue weighted by Gasteiger charge is -2.45. The quantitative estimate of drug-likeness (QED) is 0.620. The number of ether oxygens (including phenoxy) is 1. The van der Waals surface area contributed by atoms with Crippen molar-refractivity contribution in [3.63, 3.8) is 0 Å². The first-order valence-electron chi connectivity index (χ1n) is 9.60. The molecule has 3 atom stereocenters. The van der Waals surface area contributed by atoms with Crippen LogP contribution in [0, 0.1) is 11.8 Å². The number of aliphatic hydroxyl groups is 1. The van der Waals surface area contributed by atoms with Gasteiger partial charge in [-0.05, 0) is 76.0 Å². The van der Waals surface area contributed by atoms with Gasteiger partial charge >= 0.3 is 0 Å². The first kappa shape index (κ1) is 16.3. The number of fused-ring (bicyclic) bond motifs is 2. The van der Waals surface area contributed by atoms with Crippen LogP contribution in [0.4, 0.5) is 0 Å². The van der Waals surface area contributed by atoms with E-state index in [9.17, 15) is 5.11 Å². The molecule has 5 nitrogen and oxygen atoms in total. The molecule has 5 rings (SSSR count). The van der Waals surface area contributed by atoms with E-state index in [1.165, 1.54) is 25.7 Å². The van der Waals surface area contributed by atoms with Crippen molar-refractivity contribution < 1.29 is 24.7 Å². The third-order valence-electron chi connectivity index (χ3n) is 6.52. The van der Waals surface area contributed by atoms with Gasteiger partial charge in [0, 0.05) is 6.42 Å². The second-order valence-corrected chi connectivity index (χ2v) is 8.01. The summed E-state index contributed by atoms with van der Waals surface area (Å²) in [5.74, 6) is 1.62. The molecule has 23 heavy (non-hydrogen) atoms. The molecule has 5 fully saturated rings. The van der Waals surface area contributed by atoms with Gasteiger partial charge in [-0.3, -0.25) is 0 Å². The van der Waals surface area contributed by atoms with Crippen molar-refractivity contribution in [2.24, 2.45) is 11.8 Å². The normalized spacial score (nSPS) is 47.1. The summed E-state index contributed by atoms with van der Waals surface area (Å²) in [6.07, 6.45) is 13.0. The number of hydrogen-bond donors (Lipinski definition) is 1. The molecule has 0 radical (unpaired) electrons. The minimum atomic E-state index is -0.0498. The second kappa shape index (κ2) is 7.36. The van der Waals surface area contributed by atoms with Gasteiger partial charge in [0.05, 0.1) is 24.4 Å². The maximum atomic E-state index is 9.63. The monoisotopic (exact) mass is 326 g/mol. The van der Waals surface area contributed by atoms with E-state index in [2.05, 4.69) is 0 Å². The molecule has 1 N–H and O–H groups in total. The lowest BCUT2D eigenvalue weighted by molar-refractivity contribution is -0.551. The zero-order valence-electron chi connectivity index (χ0n) is 13.9. The van der Waals surface area contributed by atoms with E-state index in [1.807, 2.05) is 0 Å². The van der Waals surface area contributed by atoms with Crippen molar-refractivity contribution >= 4 is 0 Å². The van der Waals surface area contributed by atoms with Crippen molar-refractivity contribution in [1.29, 1.82) is 0 Å². The molecule has 5 aliphatic rings. The Morgan fingerprint density at radius 3 is 2.00 bits per heavy atom. The van der Waals surface area contributed by atoms with Crippen LogP contribution in [0.1, 0.15) is 70.6 Å². The highest BCUT2D eigenvalue weighted by Gasteiger charge is 2.43. The molecule has 3 aliphatic carbocycles. The minimum absolute atomic E-state index is 0.0463. The van der Waals surface area contributed by atoms with Crippen molar-refractivity contribution in [1.82, 2.24) is 0 Å². The molecule has 3 saturated carbocycles. The minimum Gasteiger partial charge on any atom is -0.393 e. The van der Waals surface area contributed by atoms with Crippen molar-refractivity contribution in [3.05, 3.63) is 0 Å². The molecule has 2 saturated heterocycles. The van der Waals surface area contributed by atoms with Crippen molar-refractivity contribution in [2.75, 3.05) is 0 Å². The van der Waals surface area contributed by atoms with Gasteiger partial charge in [-0.15, -0.1) is 0 Å². The molecule has 2 heterocycles. The van der Waals surface area contributed by atoms with E-state index in [-0.39, 0.29) is 24.4 Å². The van der Waals surface area contributed by atoms with Crippen LogP contribution in [0.15, 0.2) is 0 Å². The van der Waals surface area contributed by atoms with Crippen LogP contribution in [-0.2, 0) is 19.6 Å². The summed E-state index contributed by atoms with van der Waals surface area (Å²) in [7, 11) is 0. The van der Waals surface area contributed by atoms with E-state index in [0.717, 1.165) is 56.8 Å². The Labute approximate surface area is 138 Å². The van der Waals surface area contributed by atoms with Gasteiger partial charge in [0.2, 0.25) is 0 Å². The summed E-state index contributed by atoms with van der Waals surface area (Å²) >= 11 is 0. The molecule has 3 unspecified atom stereocenters.